The van der Waals surface area contributed by atoms with Gasteiger partial charge in [0.25, 0.3) is 0 Å². The molecule has 4 nitrogen and oxygen atoms in total. The van der Waals surface area contributed by atoms with Gasteiger partial charge in [0, 0.05) is 12.1 Å². The Morgan fingerprint density at radius 1 is 1.48 bits per heavy atom. The van der Waals surface area contributed by atoms with Gasteiger partial charge >= 0.3 is 6.18 Å². The third kappa shape index (κ3) is 3.67. The summed E-state index contributed by atoms with van der Waals surface area (Å²) in [5, 5.41) is 6.87. The topological polar surface area (TPSA) is 55.9 Å². The van der Waals surface area contributed by atoms with Gasteiger partial charge < -0.3 is 11.1 Å². The van der Waals surface area contributed by atoms with Gasteiger partial charge in [0.2, 0.25) is 0 Å². The van der Waals surface area contributed by atoms with Crippen molar-refractivity contribution in [3.63, 3.8) is 0 Å². The van der Waals surface area contributed by atoms with Crippen LogP contribution in [0.4, 0.5) is 19.0 Å². The largest absolute Gasteiger partial charge is 0.410 e. The van der Waals surface area contributed by atoms with Gasteiger partial charge in [-0.3, -0.25) is 0 Å². The number of fused-ring (bicyclic) bond motifs is 1. The molecule has 23 heavy (non-hydrogen) atoms. The molecule has 0 aromatic carbocycles. The number of alkyl halides is 3. The van der Waals surface area contributed by atoms with E-state index in [1.54, 1.807) is 19.1 Å². The van der Waals surface area contributed by atoms with Gasteiger partial charge in [0.05, 0.1) is 17.8 Å². The van der Waals surface area contributed by atoms with Crippen molar-refractivity contribution in [2.75, 3.05) is 5.32 Å². The minimum absolute atomic E-state index is 0.152. The van der Waals surface area contributed by atoms with Crippen LogP contribution < -0.4 is 11.1 Å². The molecule has 0 aliphatic carbocycles. The zero-order valence-corrected chi connectivity index (χ0v) is 13.0. The van der Waals surface area contributed by atoms with Gasteiger partial charge in [-0.05, 0) is 12.5 Å². The molecule has 0 saturated heterocycles. The van der Waals surface area contributed by atoms with E-state index < -0.39 is 18.3 Å². The van der Waals surface area contributed by atoms with Crippen LogP contribution in [-0.2, 0) is 0 Å². The number of hydrogen-bond acceptors (Lipinski definition) is 3. The molecule has 1 aromatic heterocycles. The summed E-state index contributed by atoms with van der Waals surface area (Å²) in [7, 11) is 0. The summed E-state index contributed by atoms with van der Waals surface area (Å²) in [6.45, 7) is 15.0. The number of nitrogens with two attached hydrogens (primary N) is 1. The summed E-state index contributed by atoms with van der Waals surface area (Å²) < 4.78 is 40.8. The quantitative estimate of drug-likeness (QED) is 0.651. The molecule has 0 radical (unpaired) electrons. The zero-order valence-electron chi connectivity index (χ0n) is 13.0. The summed E-state index contributed by atoms with van der Waals surface area (Å²) in [5.41, 5.74) is 6.87. The van der Waals surface area contributed by atoms with Gasteiger partial charge in [-0.2, -0.15) is 18.3 Å². The second-order valence-electron chi connectivity index (χ2n) is 4.86. The van der Waals surface area contributed by atoms with Crippen molar-refractivity contribution in [3.8, 4) is 0 Å². The maximum atomic E-state index is 13.3. The molecule has 1 aromatic rings. The number of allylic oxidation sites excluding steroid dienone is 1. The average Bonchev–Trinajstić information content (AvgIpc) is 2.92. The Labute approximate surface area is 133 Å². The number of anilines is 1. The predicted molar refractivity (Wildman–Crippen MR) is 87.8 cm³/mol. The molecule has 7 heteroatoms. The van der Waals surface area contributed by atoms with Crippen LogP contribution >= 0.6 is 0 Å². The minimum atomic E-state index is -4.39. The second-order valence-corrected chi connectivity index (χ2v) is 4.86. The Morgan fingerprint density at radius 2 is 2.09 bits per heavy atom. The molecule has 2 heterocycles. The monoisotopic (exact) mass is 326 g/mol. The molecule has 1 aliphatic heterocycles. The van der Waals surface area contributed by atoms with Crippen molar-refractivity contribution < 1.29 is 13.2 Å². The minimum Gasteiger partial charge on any atom is -0.399 e. The Hall–Kier alpha value is -2.44. The van der Waals surface area contributed by atoms with Crippen molar-refractivity contribution in [3.05, 3.63) is 55.8 Å². The predicted octanol–water partition coefficient (Wildman–Crippen LogP) is 4.03. The molecule has 2 unspecified atom stereocenters. The highest BCUT2D eigenvalue weighted by Gasteiger charge is 2.47. The first-order valence-electron chi connectivity index (χ1n) is 6.93. The van der Waals surface area contributed by atoms with Crippen LogP contribution in [0.3, 0.4) is 0 Å². The maximum absolute atomic E-state index is 13.3. The Morgan fingerprint density at radius 3 is 2.52 bits per heavy atom. The summed E-state index contributed by atoms with van der Waals surface area (Å²) in [4.78, 5) is 0. The molecule has 1 aliphatic rings. The fraction of sp³-hybridized carbons (Fsp3) is 0.312. The number of nitrogens with zero attached hydrogens (tertiary/aromatic N) is 2. The molecule has 0 bridgehead atoms. The van der Waals surface area contributed by atoms with E-state index >= 15 is 0 Å². The maximum Gasteiger partial charge on any atom is 0.410 e. The van der Waals surface area contributed by atoms with E-state index in [4.69, 9.17) is 5.73 Å². The zero-order chi connectivity index (χ0) is 17.8. The van der Waals surface area contributed by atoms with Crippen molar-refractivity contribution in [2.45, 2.75) is 31.6 Å². The lowest BCUT2D eigenvalue weighted by Gasteiger charge is -2.34. The fourth-order valence-electron chi connectivity index (χ4n) is 2.48. The molecule has 0 fully saturated rings. The number of halogens is 3. The van der Waals surface area contributed by atoms with Gasteiger partial charge in [-0.25, -0.2) is 4.68 Å². The smallest absolute Gasteiger partial charge is 0.399 e. The molecule has 2 atom stereocenters. The Kier molecular flexibility index (Phi) is 5.84. The lowest BCUT2D eigenvalue weighted by Crippen LogP contribution is -2.40. The molecule has 2 rings (SSSR count). The summed E-state index contributed by atoms with van der Waals surface area (Å²) >= 11 is 0. The van der Waals surface area contributed by atoms with E-state index in [1.165, 1.54) is 6.20 Å². The van der Waals surface area contributed by atoms with Gasteiger partial charge in [-0.15, -0.1) is 13.2 Å². The van der Waals surface area contributed by atoms with Crippen LogP contribution in [-0.4, -0.2) is 22.0 Å². The lowest BCUT2D eigenvalue weighted by atomic mass is 9.96. The van der Waals surface area contributed by atoms with Crippen LogP contribution in [0.25, 0.3) is 5.70 Å². The van der Waals surface area contributed by atoms with Crippen molar-refractivity contribution in [1.82, 2.24) is 9.78 Å². The first-order valence-corrected chi connectivity index (χ1v) is 6.93. The van der Waals surface area contributed by atoms with E-state index in [0.29, 0.717) is 11.1 Å². The van der Waals surface area contributed by atoms with Crippen LogP contribution in [0.5, 0.6) is 0 Å². The highest BCUT2D eigenvalue weighted by Crippen LogP contribution is 2.42. The molecular weight excluding hydrogens is 305 g/mol. The number of hydrogen-bond donors (Lipinski definition) is 2. The SMILES string of the molecule is C=C.C=C/C(=C\C)C1CC(C(F)(F)F)n2ncc(C(=C)N)c2N1. The van der Waals surface area contributed by atoms with Crippen LogP contribution in [0.1, 0.15) is 24.9 Å². The normalized spacial score (nSPS) is 20.6. The van der Waals surface area contributed by atoms with E-state index in [0.717, 1.165) is 4.68 Å². The van der Waals surface area contributed by atoms with Crippen LogP contribution in [0, 0.1) is 0 Å². The first-order chi connectivity index (χ1) is 10.8. The first kappa shape index (κ1) is 18.6. The fourth-order valence-corrected chi connectivity index (χ4v) is 2.48. The third-order valence-corrected chi connectivity index (χ3v) is 3.56. The van der Waals surface area contributed by atoms with Crippen molar-refractivity contribution in [1.29, 1.82) is 0 Å². The highest BCUT2D eigenvalue weighted by molar-refractivity contribution is 5.71. The van der Waals surface area contributed by atoms with Crippen molar-refractivity contribution in [2.24, 2.45) is 5.73 Å². The second kappa shape index (κ2) is 7.21. The van der Waals surface area contributed by atoms with Gasteiger partial charge in [-0.1, -0.05) is 25.3 Å². The van der Waals surface area contributed by atoms with Crippen LogP contribution in [0.2, 0.25) is 0 Å². The molecule has 3 N–H and O–H groups in total. The molecule has 0 amide bonds. The van der Waals surface area contributed by atoms with Crippen molar-refractivity contribution >= 4 is 11.5 Å². The van der Waals surface area contributed by atoms with E-state index in [-0.39, 0.29) is 17.9 Å². The van der Waals surface area contributed by atoms with E-state index in [9.17, 15) is 13.2 Å². The van der Waals surface area contributed by atoms with E-state index in [1.807, 2.05) is 0 Å². The number of rotatable bonds is 3. The van der Waals surface area contributed by atoms with E-state index in [2.05, 4.69) is 36.7 Å². The van der Waals surface area contributed by atoms with Gasteiger partial charge in [0.1, 0.15) is 5.82 Å². The molecule has 0 saturated carbocycles. The Bertz CT molecular complexity index is 613. The molecular formula is C16H21F3N4. The Balaban J connectivity index is 0.00000127. The highest BCUT2D eigenvalue weighted by atomic mass is 19.4. The summed E-state index contributed by atoms with van der Waals surface area (Å²) in [6, 6.07) is -2.21. The standard InChI is InChI=1S/C14H17F3N4.C2H4/c1-4-9(5-2)11-6-12(14(15,16)17)21-13(20-11)10(7-19-21)8(3)18;1-2/h4-5,7,11-12,20H,1,3,6,18H2,2H3;1-2H2/b9-5+;. The third-order valence-electron chi connectivity index (χ3n) is 3.56. The number of nitrogens with one attached hydrogen (secondary N) is 1. The summed E-state index contributed by atoms with van der Waals surface area (Å²) in [6.07, 6.45) is 0.0405. The van der Waals surface area contributed by atoms with Gasteiger partial charge in [0.15, 0.2) is 6.04 Å². The van der Waals surface area contributed by atoms with Crippen LogP contribution in [0.15, 0.2) is 50.2 Å². The summed E-state index contributed by atoms with van der Waals surface area (Å²) in [5.74, 6) is 0.238. The molecule has 0 spiro atoms. The lowest BCUT2D eigenvalue weighted by molar-refractivity contribution is -0.173. The molecule has 126 valence electrons. The average molecular weight is 326 g/mol. The number of aromatic nitrogens is 2.